The third-order valence-corrected chi connectivity index (χ3v) is 3.95. The van der Waals surface area contributed by atoms with Crippen molar-refractivity contribution in [1.82, 2.24) is 14.9 Å². The zero-order chi connectivity index (χ0) is 13.2. The Bertz CT molecular complexity index is 591. The van der Waals surface area contributed by atoms with Gasteiger partial charge in [-0.15, -0.1) is 6.58 Å². The summed E-state index contributed by atoms with van der Waals surface area (Å²) in [5, 5.41) is 3.42. The van der Waals surface area contributed by atoms with E-state index in [0.717, 1.165) is 25.2 Å². The Balaban J connectivity index is 2.10. The first kappa shape index (κ1) is 12.4. The van der Waals surface area contributed by atoms with Crippen molar-refractivity contribution in [2.75, 3.05) is 13.1 Å². The number of fused-ring (bicyclic) bond motifs is 1. The maximum Gasteiger partial charge on any atom is 0.113 e. The first-order chi connectivity index (χ1) is 9.29. The molecule has 0 saturated carbocycles. The lowest BCUT2D eigenvalue weighted by molar-refractivity contribution is 0.436. The zero-order valence-corrected chi connectivity index (χ0v) is 11.5. The van der Waals surface area contributed by atoms with Crippen LogP contribution in [-0.4, -0.2) is 22.6 Å². The minimum atomic E-state index is 0.578. The van der Waals surface area contributed by atoms with Crippen molar-refractivity contribution >= 4 is 11.0 Å². The van der Waals surface area contributed by atoms with Gasteiger partial charge in [-0.25, -0.2) is 4.98 Å². The van der Waals surface area contributed by atoms with Crippen molar-refractivity contribution in [3.63, 3.8) is 0 Å². The third-order valence-electron chi connectivity index (χ3n) is 3.95. The van der Waals surface area contributed by atoms with Gasteiger partial charge in [0.25, 0.3) is 0 Å². The highest BCUT2D eigenvalue weighted by Crippen LogP contribution is 2.28. The number of rotatable bonds is 3. The molecule has 0 atom stereocenters. The Hall–Kier alpha value is -1.61. The van der Waals surface area contributed by atoms with E-state index in [1.54, 1.807) is 0 Å². The first-order valence-corrected chi connectivity index (χ1v) is 7.08. The fourth-order valence-corrected chi connectivity index (χ4v) is 2.97. The largest absolute Gasteiger partial charge is 0.324 e. The van der Waals surface area contributed by atoms with E-state index in [9.17, 15) is 0 Å². The van der Waals surface area contributed by atoms with E-state index in [-0.39, 0.29) is 0 Å². The van der Waals surface area contributed by atoms with Crippen LogP contribution in [0.25, 0.3) is 11.0 Å². The van der Waals surface area contributed by atoms with E-state index >= 15 is 0 Å². The second-order valence-electron chi connectivity index (χ2n) is 5.39. The van der Waals surface area contributed by atoms with Gasteiger partial charge in [-0.2, -0.15) is 0 Å². The van der Waals surface area contributed by atoms with Crippen molar-refractivity contribution in [1.29, 1.82) is 0 Å². The van der Waals surface area contributed by atoms with Gasteiger partial charge in [0.2, 0.25) is 0 Å². The van der Waals surface area contributed by atoms with E-state index in [2.05, 4.69) is 41.6 Å². The maximum absolute atomic E-state index is 4.90. The molecule has 1 N–H and O–H groups in total. The lowest BCUT2D eigenvalue weighted by atomic mass is 9.97. The maximum atomic E-state index is 4.90. The molecule has 0 amide bonds. The molecule has 0 spiro atoms. The molecule has 0 aliphatic carbocycles. The van der Waals surface area contributed by atoms with E-state index in [0.29, 0.717) is 5.92 Å². The van der Waals surface area contributed by atoms with Crippen LogP contribution in [0.2, 0.25) is 0 Å². The minimum absolute atomic E-state index is 0.578. The third kappa shape index (κ3) is 2.30. The van der Waals surface area contributed by atoms with Gasteiger partial charge in [0, 0.05) is 12.5 Å². The van der Waals surface area contributed by atoms with Crippen molar-refractivity contribution < 1.29 is 0 Å². The SMILES string of the molecule is C=CCn1c(C2CCNCC2)nc2cc(C)ccc21. The predicted molar refractivity (Wildman–Crippen MR) is 79.5 cm³/mol. The van der Waals surface area contributed by atoms with Gasteiger partial charge in [0.1, 0.15) is 5.82 Å². The molecule has 1 saturated heterocycles. The fraction of sp³-hybridized carbons (Fsp3) is 0.438. The van der Waals surface area contributed by atoms with E-state index < -0.39 is 0 Å². The van der Waals surface area contributed by atoms with Gasteiger partial charge in [-0.05, 0) is 50.6 Å². The molecule has 1 aliphatic rings. The number of allylic oxidation sites excluding steroid dienone is 1. The van der Waals surface area contributed by atoms with Crippen LogP contribution in [0.15, 0.2) is 30.9 Å². The standard InChI is InChI=1S/C16H21N3/c1-3-10-19-15-5-4-12(2)11-14(15)18-16(19)13-6-8-17-9-7-13/h3-5,11,13,17H,1,6-10H2,2H3. The molecule has 0 unspecified atom stereocenters. The molecule has 2 aromatic rings. The molecule has 3 heteroatoms. The van der Waals surface area contributed by atoms with Crippen LogP contribution in [0, 0.1) is 6.92 Å². The molecule has 2 heterocycles. The van der Waals surface area contributed by atoms with Crippen molar-refractivity contribution in [2.45, 2.75) is 32.2 Å². The Morgan fingerprint density at radius 2 is 2.21 bits per heavy atom. The second kappa shape index (κ2) is 5.17. The smallest absolute Gasteiger partial charge is 0.113 e. The molecule has 19 heavy (non-hydrogen) atoms. The van der Waals surface area contributed by atoms with Gasteiger partial charge in [0.15, 0.2) is 0 Å². The first-order valence-electron chi connectivity index (χ1n) is 7.08. The van der Waals surface area contributed by atoms with Gasteiger partial charge >= 0.3 is 0 Å². The molecule has 3 rings (SSSR count). The number of nitrogens with zero attached hydrogens (tertiary/aromatic N) is 2. The monoisotopic (exact) mass is 255 g/mol. The number of piperidine rings is 1. The number of aromatic nitrogens is 2. The summed E-state index contributed by atoms with van der Waals surface area (Å²) in [7, 11) is 0. The van der Waals surface area contributed by atoms with Crippen molar-refractivity contribution in [3.8, 4) is 0 Å². The number of hydrogen-bond acceptors (Lipinski definition) is 2. The number of nitrogens with one attached hydrogen (secondary N) is 1. The predicted octanol–water partition coefficient (Wildman–Crippen LogP) is 3.00. The minimum Gasteiger partial charge on any atom is -0.324 e. The second-order valence-corrected chi connectivity index (χ2v) is 5.39. The average molecular weight is 255 g/mol. The highest BCUT2D eigenvalue weighted by molar-refractivity contribution is 5.77. The fourth-order valence-electron chi connectivity index (χ4n) is 2.97. The van der Waals surface area contributed by atoms with E-state index in [4.69, 9.17) is 4.98 Å². The molecule has 0 radical (unpaired) electrons. The van der Waals surface area contributed by atoms with Crippen LogP contribution in [0.4, 0.5) is 0 Å². The number of imidazole rings is 1. The highest BCUT2D eigenvalue weighted by Gasteiger charge is 2.21. The highest BCUT2D eigenvalue weighted by atomic mass is 15.1. The Labute approximate surface area is 114 Å². The summed E-state index contributed by atoms with van der Waals surface area (Å²) < 4.78 is 2.33. The van der Waals surface area contributed by atoms with E-state index in [1.165, 1.54) is 29.7 Å². The summed E-state index contributed by atoms with van der Waals surface area (Å²) in [5.74, 6) is 1.82. The van der Waals surface area contributed by atoms with Gasteiger partial charge in [-0.3, -0.25) is 0 Å². The normalized spacial score (nSPS) is 16.9. The van der Waals surface area contributed by atoms with Crippen LogP contribution in [-0.2, 0) is 6.54 Å². The van der Waals surface area contributed by atoms with Crippen LogP contribution < -0.4 is 5.32 Å². The Kier molecular flexibility index (Phi) is 3.38. The number of benzene rings is 1. The topological polar surface area (TPSA) is 29.9 Å². The summed E-state index contributed by atoms with van der Waals surface area (Å²) in [5.41, 5.74) is 3.63. The molecular weight excluding hydrogens is 234 g/mol. The average Bonchev–Trinajstić information content (AvgIpc) is 2.78. The van der Waals surface area contributed by atoms with Crippen molar-refractivity contribution in [3.05, 3.63) is 42.2 Å². The molecule has 1 aromatic heterocycles. The Morgan fingerprint density at radius 3 is 2.95 bits per heavy atom. The molecule has 100 valence electrons. The zero-order valence-electron chi connectivity index (χ0n) is 11.5. The summed E-state index contributed by atoms with van der Waals surface area (Å²) in [4.78, 5) is 4.90. The molecule has 0 bridgehead atoms. The molecule has 1 fully saturated rings. The molecule has 1 aliphatic heterocycles. The Morgan fingerprint density at radius 1 is 1.42 bits per heavy atom. The van der Waals surface area contributed by atoms with Gasteiger partial charge < -0.3 is 9.88 Å². The van der Waals surface area contributed by atoms with Crippen molar-refractivity contribution in [2.24, 2.45) is 0 Å². The lowest BCUT2D eigenvalue weighted by Crippen LogP contribution is -2.28. The van der Waals surface area contributed by atoms with E-state index in [1.807, 2.05) is 6.08 Å². The molecular formula is C16H21N3. The summed E-state index contributed by atoms with van der Waals surface area (Å²) in [6, 6.07) is 6.53. The summed E-state index contributed by atoms with van der Waals surface area (Å²) >= 11 is 0. The van der Waals surface area contributed by atoms with Crippen LogP contribution in [0.3, 0.4) is 0 Å². The molecule has 3 nitrogen and oxygen atoms in total. The number of hydrogen-bond donors (Lipinski definition) is 1. The lowest BCUT2D eigenvalue weighted by Gasteiger charge is -2.22. The quantitative estimate of drug-likeness (QED) is 0.854. The summed E-state index contributed by atoms with van der Waals surface area (Å²) in [6.45, 7) is 9.05. The number of aryl methyl sites for hydroxylation is 1. The molecule has 1 aromatic carbocycles. The van der Waals surface area contributed by atoms with Gasteiger partial charge in [-0.1, -0.05) is 12.1 Å². The van der Waals surface area contributed by atoms with Crippen LogP contribution >= 0.6 is 0 Å². The van der Waals surface area contributed by atoms with Crippen LogP contribution in [0.5, 0.6) is 0 Å². The summed E-state index contributed by atoms with van der Waals surface area (Å²) in [6.07, 6.45) is 4.32. The van der Waals surface area contributed by atoms with Gasteiger partial charge in [0.05, 0.1) is 11.0 Å². The van der Waals surface area contributed by atoms with Crippen LogP contribution in [0.1, 0.15) is 30.1 Å².